The van der Waals surface area contributed by atoms with Crippen molar-refractivity contribution in [2.75, 3.05) is 13.7 Å². The lowest BCUT2D eigenvalue weighted by atomic mass is 9.96. The van der Waals surface area contributed by atoms with Gasteiger partial charge in [-0.2, -0.15) is 0 Å². The van der Waals surface area contributed by atoms with E-state index in [0.717, 1.165) is 16.7 Å². The minimum atomic E-state index is -1.19. The van der Waals surface area contributed by atoms with Crippen molar-refractivity contribution in [2.24, 2.45) is 0 Å². The molecule has 3 aromatic rings. The van der Waals surface area contributed by atoms with Crippen molar-refractivity contribution in [1.29, 1.82) is 0 Å². The molecular formula is C37H46O9. The Bertz CT molecular complexity index is 1290. The van der Waals surface area contributed by atoms with Gasteiger partial charge < -0.3 is 43.0 Å². The highest BCUT2D eigenvalue weighted by Gasteiger charge is 2.52. The highest BCUT2D eigenvalue weighted by molar-refractivity contribution is 5.15. The fourth-order valence-corrected chi connectivity index (χ4v) is 5.88. The molecule has 248 valence electrons. The van der Waals surface area contributed by atoms with Crippen molar-refractivity contribution in [3.05, 3.63) is 120 Å². The molecule has 2 aliphatic heterocycles. The monoisotopic (exact) mass is 634 g/mol. The fraction of sp³-hybridized carbons (Fsp3) is 0.459. The zero-order valence-corrected chi connectivity index (χ0v) is 26.8. The van der Waals surface area contributed by atoms with Crippen LogP contribution < -0.4 is 0 Å². The first-order valence-corrected chi connectivity index (χ1v) is 15.8. The molecule has 2 fully saturated rings. The molecule has 0 saturated carbocycles. The Morgan fingerprint density at radius 2 is 1.04 bits per heavy atom. The number of ether oxygens (including phenoxy) is 8. The minimum absolute atomic E-state index is 0.220. The third-order valence-corrected chi connectivity index (χ3v) is 8.26. The van der Waals surface area contributed by atoms with Gasteiger partial charge in [-0.05, 0) is 30.5 Å². The summed E-state index contributed by atoms with van der Waals surface area (Å²) in [5, 5.41) is 11.7. The van der Waals surface area contributed by atoms with Crippen LogP contribution in [0.25, 0.3) is 0 Å². The molecule has 1 N–H and O–H groups in total. The standard InChI is InChI=1S/C37H46O9/c1-5-21-40-33-30(38)36(44-25(2)31(33)41-22-27-15-9-6-10-16-27)46-34-32(42-23-28-17-11-7-12-18-28)26(3)45-37(39-4)35(34)43-24-29-19-13-8-14-20-29/h5-20,25-26,30-38H,1,21-24H2,2-4H3/t25-,26-,30-,31-,32-,33-,34+,35+,36-,37+/m1/s1. The van der Waals surface area contributed by atoms with Crippen LogP contribution in [-0.2, 0) is 57.7 Å². The summed E-state index contributed by atoms with van der Waals surface area (Å²) in [6.45, 7) is 8.76. The predicted octanol–water partition coefficient (Wildman–Crippen LogP) is 5.20. The number of aliphatic hydroxyl groups is 1. The summed E-state index contributed by atoms with van der Waals surface area (Å²) in [6, 6.07) is 29.6. The summed E-state index contributed by atoms with van der Waals surface area (Å²) in [5.74, 6) is 0. The first-order valence-electron chi connectivity index (χ1n) is 15.8. The second-order valence-electron chi connectivity index (χ2n) is 11.6. The van der Waals surface area contributed by atoms with Crippen LogP contribution in [0.1, 0.15) is 30.5 Å². The fourth-order valence-electron chi connectivity index (χ4n) is 5.88. The summed E-state index contributed by atoms with van der Waals surface area (Å²) < 4.78 is 50.4. The van der Waals surface area contributed by atoms with Crippen LogP contribution >= 0.6 is 0 Å². The molecular weight excluding hydrogens is 588 g/mol. The SMILES string of the molecule is C=CCO[C@@H]1[C@@H](O)[C@@H](O[C@@H]2[C@H](OCc3ccccc3)[C@@H](OC)O[C@H](C)[C@H]2OCc2ccccc2)O[C@H](C)[C@H]1OCc1ccccc1. The number of methoxy groups -OCH3 is 1. The molecule has 0 unspecified atom stereocenters. The van der Waals surface area contributed by atoms with Gasteiger partial charge in [-0.3, -0.25) is 0 Å². The Balaban J connectivity index is 1.38. The maximum Gasteiger partial charge on any atom is 0.187 e. The van der Waals surface area contributed by atoms with Crippen LogP contribution in [0.2, 0.25) is 0 Å². The van der Waals surface area contributed by atoms with Gasteiger partial charge >= 0.3 is 0 Å². The van der Waals surface area contributed by atoms with Crippen molar-refractivity contribution in [3.63, 3.8) is 0 Å². The van der Waals surface area contributed by atoms with Crippen LogP contribution in [0, 0.1) is 0 Å². The molecule has 0 aromatic heterocycles. The summed E-state index contributed by atoms with van der Waals surface area (Å²) in [6.07, 6.45) is -5.65. The Labute approximate surface area is 271 Å². The summed E-state index contributed by atoms with van der Waals surface area (Å²) in [5.41, 5.74) is 2.99. The molecule has 0 spiro atoms. The average Bonchev–Trinajstić information content (AvgIpc) is 3.09. The molecule has 9 heteroatoms. The molecule has 46 heavy (non-hydrogen) atoms. The second kappa shape index (κ2) is 17.3. The van der Waals surface area contributed by atoms with Gasteiger partial charge in [0.2, 0.25) is 0 Å². The number of hydrogen-bond donors (Lipinski definition) is 1. The molecule has 10 atom stereocenters. The molecule has 0 aliphatic carbocycles. The van der Waals surface area contributed by atoms with E-state index in [9.17, 15) is 5.11 Å². The highest BCUT2D eigenvalue weighted by atomic mass is 16.7. The highest BCUT2D eigenvalue weighted by Crippen LogP contribution is 2.34. The quantitative estimate of drug-likeness (QED) is 0.227. The van der Waals surface area contributed by atoms with E-state index in [1.165, 1.54) is 0 Å². The van der Waals surface area contributed by atoms with E-state index < -0.39 is 61.4 Å². The van der Waals surface area contributed by atoms with Crippen LogP contribution in [0.5, 0.6) is 0 Å². The molecule has 9 nitrogen and oxygen atoms in total. The van der Waals surface area contributed by atoms with E-state index in [4.69, 9.17) is 37.9 Å². The molecule has 5 rings (SSSR count). The van der Waals surface area contributed by atoms with Gasteiger partial charge in [0.05, 0.1) is 38.6 Å². The van der Waals surface area contributed by atoms with Crippen molar-refractivity contribution >= 4 is 0 Å². The van der Waals surface area contributed by atoms with Gasteiger partial charge in [-0.15, -0.1) is 6.58 Å². The lowest BCUT2D eigenvalue weighted by Gasteiger charge is -2.48. The van der Waals surface area contributed by atoms with E-state index in [1.807, 2.05) is 105 Å². The van der Waals surface area contributed by atoms with Gasteiger partial charge in [0.15, 0.2) is 12.6 Å². The van der Waals surface area contributed by atoms with Gasteiger partial charge in [-0.25, -0.2) is 0 Å². The Morgan fingerprint density at radius 3 is 1.50 bits per heavy atom. The van der Waals surface area contributed by atoms with Gasteiger partial charge in [0.25, 0.3) is 0 Å². The normalized spacial score (nSPS) is 31.4. The third kappa shape index (κ3) is 8.89. The predicted molar refractivity (Wildman–Crippen MR) is 172 cm³/mol. The lowest BCUT2D eigenvalue weighted by molar-refractivity contribution is -0.365. The second-order valence-corrected chi connectivity index (χ2v) is 11.6. The summed E-state index contributed by atoms with van der Waals surface area (Å²) in [7, 11) is 1.57. The maximum atomic E-state index is 11.7. The van der Waals surface area contributed by atoms with Crippen LogP contribution in [-0.4, -0.2) is 80.2 Å². The molecule has 2 heterocycles. The maximum absolute atomic E-state index is 11.7. The largest absolute Gasteiger partial charge is 0.385 e. The topological polar surface area (TPSA) is 94.1 Å². The zero-order chi connectivity index (χ0) is 32.3. The van der Waals surface area contributed by atoms with Gasteiger partial charge in [0, 0.05) is 7.11 Å². The van der Waals surface area contributed by atoms with Crippen LogP contribution in [0.4, 0.5) is 0 Å². The Morgan fingerprint density at radius 1 is 0.609 bits per heavy atom. The molecule has 0 bridgehead atoms. The van der Waals surface area contributed by atoms with Gasteiger partial charge in [0.1, 0.15) is 36.6 Å². The van der Waals surface area contributed by atoms with E-state index in [0.29, 0.717) is 19.8 Å². The van der Waals surface area contributed by atoms with Crippen LogP contribution in [0.15, 0.2) is 104 Å². The number of hydrogen-bond acceptors (Lipinski definition) is 9. The minimum Gasteiger partial charge on any atom is -0.385 e. The van der Waals surface area contributed by atoms with E-state index in [1.54, 1.807) is 13.2 Å². The third-order valence-electron chi connectivity index (χ3n) is 8.26. The lowest BCUT2D eigenvalue weighted by Crippen LogP contribution is -2.64. The first kappa shape index (κ1) is 34.4. The summed E-state index contributed by atoms with van der Waals surface area (Å²) >= 11 is 0. The van der Waals surface area contributed by atoms with E-state index in [-0.39, 0.29) is 6.61 Å². The zero-order valence-electron chi connectivity index (χ0n) is 26.8. The number of benzene rings is 3. The van der Waals surface area contributed by atoms with Gasteiger partial charge in [-0.1, -0.05) is 97.1 Å². The van der Waals surface area contributed by atoms with E-state index >= 15 is 0 Å². The molecule has 0 amide bonds. The first-order chi connectivity index (χ1) is 22.5. The Kier molecular flexibility index (Phi) is 12.9. The van der Waals surface area contributed by atoms with Crippen molar-refractivity contribution in [2.45, 2.75) is 95.1 Å². The number of rotatable bonds is 15. The average molecular weight is 635 g/mol. The van der Waals surface area contributed by atoms with Crippen molar-refractivity contribution < 1.29 is 43.0 Å². The van der Waals surface area contributed by atoms with E-state index in [2.05, 4.69) is 6.58 Å². The Hall–Kier alpha value is -2.96. The molecule has 2 aliphatic rings. The van der Waals surface area contributed by atoms with Crippen LogP contribution in [0.3, 0.4) is 0 Å². The number of aliphatic hydroxyl groups excluding tert-OH is 1. The molecule has 0 radical (unpaired) electrons. The summed E-state index contributed by atoms with van der Waals surface area (Å²) in [4.78, 5) is 0. The van der Waals surface area contributed by atoms with Crippen molar-refractivity contribution in [3.8, 4) is 0 Å². The molecule has 3 aromatic carbocycles. The van der Waals surface area contributed by atoms with Crippen molar-refractivity contribution in [1.82, 2.24) is 0 Å². The molecule has 2 saturated heterocycles. The smallest absolute Gasteiger partial charge is 0.187 e.